The number of hydrogen-bond acceptors (Lipinski definition) is 5. The molecule has 1 heterocycles. The van der Waals surface area contributed by atoms with E-state index in [1.807, 2.05) is 42.5 Å². The van der Waals surface area contributed by atoms with Crippen molar-refractivity contribution in [2.45, 2.75) is 46.6 Å². The Morgan fingerprint density at radius 2 is 1.56 bits per heavy atom. The smallest absolute Gasteiger partial charge is 0.310 e. The lowest BCUT2D eigenvalue weighted by Crippen LogP contribution is -2.35. The molecule has 1 unspecified atom stereocenters. The summed E-state index contributed by atoms with van der Waals surface area (Å²) in [6, 6.07) is 16.8. The van der Waals surface area contributed by atoms with Crippen molar-refractivity contribution >= 4 is 35.1 Å². The Morgan fingerprint density at radius 1 is 0.941 bits per heavy atom. The topological polar surface area (TPSA) is 72.9 Å². The maximum Gasteiger partial charge on any atom is 0.310 e. The molecule has 6 nitrogen and oxygen atoms in total. The number of benzene rings is 2. The molecule has 0 radical (unpaired) electrons. The van der Waals surface area contributed by atoms with E-state index in [9.17, 15) is 14.4 Å². The van der Waals surface area contributed by atoms with Crippen LogP contribution >= 0.6 is 11.6 Å². The zero-order chi connectivity index (χ0) is 24.7. The molecule has 0 aromatic heterocycles. The first-order chi connectivity index (χ1) is 16.3. The number of nitrogens with zero attached hydrogens (tertiary/aromatic N) is 1. The van der Waals surface area contributed by atoms with Crippen molar-refractivity contribution < 1.29 is 23.9 Å². The number of rotatable bonds is 10. The lowest BCUT2D eigenvalue weighted by atomic mass is 9.77. The highest BCUT2D eigenvalue weighted by atomic mass is 35.5. The first-order valence-corrected chi connectivity index (χ1v) is 11.8. The van der Waals surface area contributed by atoms with Gasteiger partial charge in [-0.2, -0.15) is 0 Å². The molecular formula is C27H30ClNO5. The second kappa shape index (κ2) is 11.3. The molecular weight excluding hydrogens is 454 g/mol. The van der Waals surface area contributed by atoms with E-state index in [2.05, 4.69) is 0 Å². The summed E-state index contributed by atoms with van der Waals surface area (Å²) >= 11 is 6.12. The highest BCUT2D eigenvalue weighted by Crippen LogP contribution is 2.49. The number of hydrogen-bond donors (Lipinski definition) is 0. The van der Waals surface area contributed by atoms with Gasteiger partial charge in [0.25, 0.3) is 0 Å². The van der Waals surface area contributed by atoms with Crippen molar-refractivity contribution in [3.63, 3.8) is 0 Å². The third kappa shape index (κ3) is 5.68. The van der Waals surface area contributed by atoms with E-state index in [-0.39, 0.29) is 44.4 Å². The minimum absolute atomic E-state index is 0.0534. The third-order valence-corrected chi connectivity index (χ3v) is 6.25. The second-order valence-corrected chi connectivity index (χ2v) is 8.77. The summed E-state index contributed by atoms with van der Waals surface area (Å²) < 4.78 is 10.3. The molecule has 1 atom stereocenters. The van der Waals surface area contributed by atoms with E-state index in [1.165, 1.54) is 0 Å². The first-order valence-electron chi connectivity index (χ1n) is 11.5. The first kappa shape index (κ1) is 25.5. The van der Waals surface area contributed by atoms with Gasteiger partial charge in [0.05, 0.1) is 37.3 Å². The maximum absolute atomic E-state index is 14.0. The van der Waals surface area contributed by atoms with E-state index in [0.717, 1.165) is 11.1 Å². The Labute approximate surface area is 205 Å². The van der Waals surface area contributed by atoms with Gasteiger partial charge in [0.1, 0.15) is 0 Å². The SMILES string of the molecule is CCOC(=O)CCC1(C)C(=O)N(Cc2ccccc2)C(c2ccc(Cl)cc2)=C1CC(=O)OCC. The fourth-order valence-corrected chi connectivity index (χ4v) is 4.41. The standard InChI is InChI=1S/C27H30ClNO5/c1-4-33-23(30)15-16-27(3)22(17-24(31)34-5-2)25(20-11-13-21(28)14-12-20)29(26(27)32)18-19-9-7-6-8-10-19/h6-14H,4-5,15-18H2,1-3H3. The summed E-state index contributed by atoms with van der Waals surface area (Å²) in [6.07, 6.45) is 0.236. The van der Waals surface area contributed by atoms with Crippen molar-refractivity contribution in [3.8, 4) is 0 Å². The largest absolute Gasteiger partial charge is 0.466 e. The molecule has 180 valence electrons. The van der Waals surface area contributed by atoms with Crippen LogP contribution in [0.5, 0.6) is 0 Å². The number of halogens is 1. The van der Waals surface area contributed by atoms with Crippen molar-refractivity contribution in [1.29, 1.82) is 0 Å². The Kier molecular flexibility index (Phi) is 8.51. The Hall–Kier alpha value is -3.12. The van der Waals surface area contributed by atoms with Gasteiger partial charge >= 0.3 is 11.9 Å². The maximum atomic E-state index is 14.0. The molecule has 3 rings (SSSR count). The number of carbonyl (C=O) groups excluding carboxylic acids is 3. The summed E-state index contributed by atoms with van der Waals surface area (Å²) in [6.45, 7) is 6.12. The number of esters is 2. The van der Waals surface area contributed by atoms with Gasteiger partial charge in [-0.15, -0.1) is 0 Å². The summed E-state index contributed by atoms with van der Waals surface area (Å²) in [7, 11) is 0. The molecule has 0 bridgehead atoms. The van der Waals surface area contributed by atoms with Crippen LogP contribution in [0.3, 0.4) is 0 Å². The normalized spacial score (nSPS) is 17.8. The Morgan fingerprint density at radius 3 is 2.18 bits per heavy atom. The number of ether oxygens (including phenoxy) is 2. The molecule has 1 amide bonds. The third-order valence-electron chi connectivity index (χ3n) is 6.00. The molecule has 0 spiro atoms. The van der Waals surface area contributed by atoms with Crippen LogP contribution in [0.25, 0.3) is 5.70 Å². The van der Waals surface area contributed by atoms with E-state index < -0.39 is 11.4 Å². The van der Waals surface area contributed by atoms with Gasteiger partial charge in [0.2, 0.25) is 5.91 Å². The molecule has 2 aromatic rings. The van der Waals surface area contributed by atoms with Crippen LogP contribution in [-0.2, 0) is 30.4 Å². The molecule has 1 aliphatic heterocycles. The lowest BCUT2D eigenvalue weighted by molar-refractivity contribution is -0.144. The lowest BCUT2D eigenvalue weighted by Gasteiger charge is -2.27. The van der Waals surface area contributed by atoms with Gasteiger partial charge in [-0.05, 0) is 56.0 Å². The Bertz CT molecular complexity index is 1060. The van der Waals surface area contributed by atoms with Crippen LogP contribution < -0.4 is 0 Å². The molecule has 7 heteroatoms. The molecule has 0 aliphatic carbocycles. The average Bonchev–Trinajstić information content (AvgIpc) is 3.01. The van der Waals surface area contributed by atoms with Gasteiger partial charge in [-0.25, -0.2) is 0 Å². The minimum Gasteiger partial charge on any atom is -0.466 e. The van der Waals surface area contributed by atoms with Crippen LogP contribution in [0.4, 0.5) is 0 Å². The zero-order valence-corrected chi connectivity index (χ0v) is 20.6. The fraction of sp³-hybridized carbons (Fsp3) is 0.370. The van der Waals surface area contributed by atoms with Gasteiger partial charge in [0.15, 0.2) is 0 Å². The van der Waals surface area contributed by atoms with Gasteiger partial charge in [-0.3, -0.25) is 14.4 Å². The molecule has 1 aliphatic rings. The van der Waals surface area contributed by atoms with E-state index in [4.69, 9.17) is 21.1 Å². The van der Waals surface area contributed by atoms with E-state index in [0.29, 0.717) is 22.8 Å². The monoisotopic (exact) mass is 483 g/mol. The van der Waals surface area contributed by atoms with Crippen LogP contribution in [0.15, 0.2) is 60.2 Å². The van der Waals surface area contributed by atoms with Gasteiger partial charge in [-0.1, -0.05) is 54.1 Å². The van der Waals surface area contributed by atoms with E-state index in [1.54, 1.807) is 37.8 Å². The van der Waals surface area contributed by atoms with Crippen molar-refractivity contribution in [1.82, 2.24) is 4.90 Å². The summed E-state index contributed by atoms with van der Waals surface area (Å²) in [5.41, 5.74) is 1.95. The van der Waals surface area contributed by atoms with Crippen molar-refractivity contribution in [2.24, 2.45) is 5.41 Å². The van der Waals surface area contributed by atoms with Crippen molar-refractivity contribution in [2.75, 3.05) is 13.2 Å². The van der Waals surface area contributed by atoms with Crippen LogP contribution in [0.1, 0.15) is 51.2 Å². The van der Waals surface area contributed by atoms with Crippen LogP contribution in [0.2, 0.25) is 5.02 Å². The second-order valence-electron chi connectivity index (χ2n) is 8.33. The molecule has 0 N–H and O–H groups in total. The molecule has 0 fully saturated rings. The molecule has 34 heavy (non-hydrogen) atoms. The quantitative estimate of drug-likeness (QED) is 0.423. The van der Waals surface area contributed by atoms with Crippen LogP contribution in [-0.4, -0.2) is 36.0 Å². The Balaban J connectivity index is 2.12. The van der Waals surface area contributed by atoms with Crippen LogP contribution in [0, 0.1) is 5.41 Å². The summed E-state index contributed by atoms with van der Waals surface area (Å²) in [5.74, 6) is -0.952. The van der Waals surface area contributed by atoms with Gasteiger partial charge in [0, 0.05) is 11.4 Å². The fourth-order valence-electron chi connectivity index (χ4n) is 4.29. The van der Waals surface area contributed by atoms with Gasteiger partial charge < -0.3 is 14.4 Å². The highest BCUT2D eigenvalue weighted by Gasteiger charge is 2.50. The average molecular weight is 484 g/mol. The number of amides is 1. The summed E-state index contributed by atoms with van der Waals surface area (Å²) in [5, 5.41) is 0.570. The summed E-state index contributed by atoms with van der Waals surface area (Å²) in [4.78, 5) is 40.5. The zero-order valence-electron chi connectivity index (χ0n) is 19.8. The van der Waals surface area contributed by atoms with E-state index >= 15 is 0 Å². The van der Waals surface area contributed by atoms with Crippen molar-refractivity contribution in [3.05, 3.63) is 76.3 Å². The predicted octanol–water partition coefficient (Wildman–Crippen LogP) is 5.40. The minimum atomic E-state index is -1.07. The predicted molar refractivity (Wildman–Crippen MR) is 131 cm³/mol. The molecule has 0 saturated heterocycles. The highest BCUT2D eigenvalue weighted by molar-refractivity contribution is 6.30. The number of carbonyl (C=O) groups is 3. The molecule has 0 saturated carbocycles. The molecule has 2 aromatic carbocycles.